The van der Waals surface area contributed by atoms with Gasteiger partial charge in [-0.2, -0.15) is 0 Å². The third-order valence-electron chi connectivity index (χ3n) is 3.21. The summed E-state index contributed by atoms with van der Waals surface area (Å²) in [6.45, 7) is 3.15. The molecule has 0 fully saturated rings. The van der Waals surface area contributed by atoms with E-state index in [-0.39, 0.29) is 17.7 Å². The maximum Gasteiger partial charge on any atom is 0.228 e. The number of nitrogens with one attached hydrogen (secondary N) is 2. The van der Waals surface area contributed by atoms with Crippen molar-refractivity contribution >= 4 is 17.5 Å². The second-order valence-electron chi connectivity index (χ2n) is 5.04. The van der Waals surface area contributed by atoms with Gasteiger partial charge in [0, 0.05) is 12.2 Å². The van der Waals surface area contributed by atoms with Gasteiger partial charge in [0.25, 0.3) is 0 Å². The van der Waals surface area contributed by atoms with Crippen molar-refractivity contribution in [1.82, 2.24) is 5.32 Å². The Morgan fingerprint density at radius 1 is 1.53 bits per heavy atom. The van der Waals surface area contributed by atoms with E-state index in [4.69, 9.17) is 5.73 Å². The standard InChI is InChI=1S/C14H19N3O2/c1-9(7-15)8-16-13(18)5-10-2-3-12-11(4-10)6-14(19)17-12/h2-4,9H,5-8,15H2,1H3,(H,16,18)(H,17,19). The zero-order valence-corrected chi connectivity index (χ0v) is 11.0. The van der Waals surface area contributed by atoms with Crippen LogP contribution in [0.25, 0.3) is 0 Å². The first kappa shape index (κ1) is 13.5. The van der Waals surface area contributed by atoms with Gasteiger partial charge in [-0.25, -0.2) is 0 Å². The summed E-state index contributed by atoms with van der Waals surface area (Å²) in [5, 5.41) is 5.63. The fourth-order valence-electron chi connectivity index (χ4n) is 2.01. The third kappa shape index (κ3) is 3.54. The summed E-state index contributed by atoms with van der Waals surface area (Å²) >= 11 is 0. The van der Waals surface area contributed by atoms with Crippen LogP contribution in [0.1, 0.15) is 18.1 Å². The van der Waals surface area contributed by atoms with E-state index in [1.165, 1.54) is 0 Å². The van der Waals surface area contributed by atoms with Crippen LogP contribution in [0.3, 0.4) is 0 Å². The Labute approximate surface area is 112 Å². The van der Waals surface area contributed by atoms with Crippen molar-refractivity contribution < 1.29 is 9.59 Å². The first-order chi connectivity index (χ1) is 9.08. The van der Waals surface area contributed by atoms with E-state index >= 15 is 0 Å². The first-order valence-corrected chi connectivity index (χ1v) is 6.47. The normalized spacial score (nSPS) is 14.7. The average molecular weight is 261 g/mol. The largest absolute Gasteiger partial charge is 0.356 e. The molecule has 1 aromatic rings. The van der Waals surface area contributed by atoms with E-state index in [9.17, 15) is 9.59 Å². The number of carbonyl (C=O) groups is 2. The maximum atomic E-state index is 11.8. The number of hydrogen-bond acceptors (Lipinski definition) is 3. The Bertz CT molecular complexity index is 499. The van der Waals surface area contributed by atoms with Gasteiger partial charge in [-0.3, -0.25) is 9.59 Å². The quantitative estimate of drug-likeness (QED) is 0.719. The van der Waals surface area contributed by atoms with Gasteiger partial charge >= 0.3 is 0 Å². The van der Waals surface area contributed by atoms with Crippen LogP contribution in [0.5, 0.6) is 0 Å². The number of benzene rings is 1. The summed E-state index contributed by atoms with van der Waals surface area (Å²) in [5.74, 6) is 0.275. The second-order valence-corrected chi connectivity index (χ2v) is 5.04. The molecule has 0 saturated carbocycles. The van der Waals surface area contributed by atoms with Crippen LogP contribution in [0.2, 0.25) is 0 Å². The molecule has 1 unspecified atom stereocenters. The number of rotatable bonds is 5. The number of nitrogens with two attached hydrogens (primary N) is 1. The fraction of sp³-hybridized carbons (Fsp3) is 0.429. The average Bonchev–Trinajstić information content (AvgIpc) is 2.75. The maximum absolute atomic E-state index is 11.8. The van der Waals surface area contributed by atoms with Gasteiger partial charge in [-0.1, -0.05) is 19.1 Å². The molecule has 1 aromatic carbocycles. The number of amides is 2. The van der Waals surface area contributed by atoms with E-state index < -0.39 is 0 Å². The minimum atomic E-state index is -0.0162. The molecule has 1 heterocycles. The van der Waals surface area contributed by atoms with E-state index in [2.05, 4.69) is 10.6 Å². The first-order valence-electron chi connectivity index (χ1n) is 6.47. The Balaban J connectivity index is 1.91. The summed E-state index contributed by atoms with van der Waals surface area (Å²) in [4.78, 5) is 23.0. The van der Waals surface area contributed by atoms with Crippen LogP contribution in [0.4, 0.5) is 5.69 Å². The van der Waals surface area contributed by atoms with E-state index in [0.29, 0.717) is 25.9 Å². The molecule has 1 aliphatic heterocycles. The van der Waals surface area contributed by atoms with Gasteiger partial charge < -0.3 is 16.4 Å². The molecule has 1 aliphatic rings. The Kier molecular flexibility index (Phi) is 4.16. The van der Waals surface area contributed by atoms with Crippen LogP contribution in [-0.2, 0) is 22.4 Å². The zero-order valence-electron chi connectivity index (χ0n) is 11.0. The van der Waals surface area contributed by atoms with Crippen molar-refractivity contribution in [2.45, 2.75) is 19.8 Å². The molecule has 2 amide bonds. The molecule has 0 radical (unpaired) electrons. The molecule has 0 saturated heterocycles. The molecule has 0 bridgehead atoms. The van der Waals surface area contributed by atoms with Crippen molar-refractivity contribution in [2.24, 2.45) is 11.7 Å². The Hall–Kier alpha value is -1.88. The minimum absolute atomic E-state index is 0.00775. The number of hydrogen-bond donors (Lipinski definition) is 3. The van der Waals surface area contributed by atoms with Gasteiger partial charge in [0.05, 0.1) is 12.8 Å². The van der Waals surface area contributed by atoms with Crippen molar-refractivity contribution in [3.63, 3.8) is 0 Å². The highest BCUT2D eigenvalue weighted by atomic mass is 16.2. The predicted octanol–water partition coefficient (Wildman–Crippen LogP) is 0.435. The van der Waals surface area contributed by atoms with Gasteiger partial charge in [0.2, 0.25) is 11.8 Å². The molecular formula is C14H19N3O2. The summed E-state index contributed by atoms with van der Waals surface area (Å²) in [5.41, 5.74) is 8.24. The molecule has 5 nitrogen and oxygen atoms in total. The molecule has 0 aromatic heterocycles. The van der Waals surface area contributed by atoms with Crippen molar-refractivity contribution in [2.75, 3.05) is 18.4 Å². The Morgan fingerprint density at radius 3 is 3.05 bits per heavy atom. The molecule has 19 heavy (non-hydrogen) atoms. The van der Waals surface area contributed by atoms with Crippen LogP contribution in [0.15, 0.2) is 18.2 Å². The highest BCUT2D eigenvalue weighted by molar-refractivity contribution is 5.99. The third-order valence-corrected chi connectivity index (χ3v) is 3.21. The second kappa shape index (κ2) is 5.84. The van der Waals surface area contributed by atoms with Crippen LogP contribution in [-0.4, -0.2) is 24.9 Å². The predicted molar refractivity (Wildman–Crippen MR) is 73.7 cm³/mol. The highest BCUT2D eigenvalue weighted by Crippen LogP contribution is 2.23. The molecule has 0 aliphatic carbocycles. The zero-order chi connectivity index (χ0) is 13.8. The lowest BCUT2D eigenvalue weighted by atomic mass is 10.1. The van der Waals surface area contributed by atoms with Crippen molar-refractivity contribution in [3.8, 4) is 0 Å². The molecule has 2 rings (SSSR count). The smallest absolute Gasteiger partial charge is 0.228 e. The van der Waals surface area contributed by atoms with Crippen molar-refractivity contribution in [3.05, 3.63) is 29.3 Å². The number of fused-ring (bicyclic) bond motifs is 1. The minimum Gasteiger partial charge on any atom is -0.356 e. The van der Waals surface area contributed by atoms with Gasteiger partial charge in [-0.15, -0.1) is 0 Å². The lowest BCUT2D eigenvalue weighted by Crippen LogP contribution is -2.32. The van der Waals surface area contributed by atoms with E-state index in [1.807, 2.05) is 25.1 Å². The lowest BCUT2D eigenvalue weighted by Gasteiger charge is -2.10. The molecule has 102 valence electrons. The number of anilines is 1. The Morgan fingerprint density at radius 2 is 2.32 bits per heavy atom. The van der Waals surface area contributed by atoms with E-state index in [1.54, 1.807) is 0 Å². The van der Waals surface area contributed by atoms with E-state index in [0.717, 1.165) is 16.8 Å². The molecule has 0 spiro atoms. The lowest BCUT2D eigenvalue weighted by molar-refractivity contribution is -0.120. The number of carbonyl (C=O) groups excluding carboxylic acids is 2. The molecule has 4 N–H and O–H groups in total. The summed E-state index contributed by atoms with van der Waals surface area (Å²) < 4.78 is 0. The fourth-order valence-corrected chi connectivity index (χ4v) is 2.01. The SMILES string of the molecule is CC(CN)CNC(=O)Cc1ccc2c(c1)CC(=O)N2. The highest BCUT2D eigenvalue weighted by Gasteiger charge is 2.17. The molecule has 5 heteroatoms. The summed E-state index contributed by atoms with van der Waals surface area (Å²) in [7, 11) is 0. The molecule has 1 atom stereocenters. The topological polar surface area (TPSA) is 84.2 Å². The molecular weight excluding hydrogens is 242 g/mol. The summed E-state index contributed by atoms with van der Waals surface area (Å²) in [6, 6.07) is 5.64. The van der Waals surface area contributed by atoms with Gasteiger partial charge in [0.15, 0.2) is 0 Å². The van der Waals surface area contributed by atoms with Gasteiger partial charge in [-0.05, 0) is 29.7 Å². The van der Waals surface area contributed by atoms with Crippen LogP contribution >= 0.6 is 0 Å². The summed E-state index contributed by atoms with van der Waals surface area (Å²) in [6.07, 6.45) is 0.730. The van der Waals surface area contributed by atoms with Gasteiger partial charge in [0.1, 0.15) is 0 Å². The monoisotopic (exact) mass is 261 g/mol. The van der Waals surface area contributed by atoms with Crippen LogP contribution < -0.4 is 16.4 Å². The van der Waals surface area contributed by atoms with Crippen LogP contribution in [0, 0.1) is 5.92 Å². The van der Waals surface area contributed by atoms with Crippen molar-refractivity contribution in [1.29, 1.82) is 0 Å².